The van der Waals surface area contributed by atoms with Gasteiger partial charge in [-0.2, -0.15) is 0 Å². The van der Waals surface area contributed by atoms with E-state index in [-0.39, 0.29) is 5.54 Å². The number of nitrogens with one attached hydrogen (secondary N) is 2. The van der Waals surface area contributed by atoms with Crippen LogP contribution in [0, 0.1) is 0 Å². The van der Waals surface area contributed by atoms with Gasteiger partial charge in [-0.3, -0.25) is 4.99 Å². The van der Waals surface area contributed by atoms with E-state index in [1.165, 1.54) is 5.56 Å². The van der Waals surface area contributed by atoms with Gasteiger partial charge in [-0.1, -0.05) is 6.07 Å². The van der Waals surface area contributed by atoms with E-state index in [4.69, 9.17) is 19.2 Å². The quantitative estimate of drug-likeness (QED) is 0.424. The van der Waals surface area contributed by atoms with Crippen molar-refractivity contribution in [1.82, 2.24) is 15.5 Å². The summed E-state index contributed by atoms with van der Waals surface area (Å²) in [5.41, 5.74) is 1.28. The molecule has 2 N–H and O–H groups in total. The molecule has 7 nitrogen and oxygen atoms in total. The Bertz CT molecular complexity index is 658. The van der Waals surface area contributed by atoms with Crippen LogP contribution >= 0.6 is 0 Å². The maximum absolute atomic E-state index is 5.74. The largest absolute Gasteiger partial charge is 0.490 e. The van der Waals surface area contributed by atoms with Crippen molar-refractivity contribution < 1.29 is 14.2 Å². The molecule has 0 atom stereocenters. The van der Waals surface area contributed by atoms with Crippen molar-refractivity contribution in [3.8, 4) is 11.5 Å². The third-order valence-electron chi connectivity index (χ3n) is 5.56. The normalized spacial score (nSPS) is 16.4. The fourth-order valence-corrected chi connectivity index (χ4v) is 3.64. The number of benzene rings is 1. The lowest BCUT2D eigenvalue weighted by atomic mass is 9.89. The molecule has 1 aromatic carbocycles. The number of ether oxygens (including phenoxy) is 3. The van der Waals surface area contributed by atoms with Gasteiger partial charge in [0.15, 0.2) is 17.5 Å². The lowest BCUT2D eigenvalue weighted by molar-refractivity contribution is -0.00254. The van der Waals surface area contributed by atoms with Crippen LogP contribution in [0.4, 0.5) is 0 Å². The van der Waals surface area contributed by atoms with Gasteiger partial charge in [0, 0.05) is 31.8 Å². The lowest BCUT2D eigenvalue weighted by Crippen LogP contribution is -2.51. The van der Waals surface area contributed by atoms with Crippen molar-refractivity contribution in [2.75, 3.05) is 60.2 Å². The molecule has 0 bridgehead atoms. The van der Waals surface area contributed by atoms with Gasteiger partial charge in [-0.15, -0.1) is 0 Å². The van der Waals surface area contributed by atoms with Crippen molar-refractivity contribution in [2.24, 2.45) is 4.99 Å². The standard InChI is InChI=1S/C23H40N4O3/c1-6-24-22(26-18-23(27(4)5)12-15-28-16-13-23)25-14-11-19-9-10-20(29-7-2)21(17-19)30-8-3/h9-10,17H,6-8,11-16,18H2,1-5H3,(H2,24,25,26). The van der Waals surface area contributed by atoms with Gasteiger partial charge >= 0.3 is 0 Å². The summed E-state index contributed by atoms with van der Waals surface area (Å²) in [7, 11) is 4.28. The van der Waals surface area contributed by atoms with Crippen LogP contribution in [0.1, 0.15) is 39.2 Å². The molecule has 0 unspecified atom stereocenters. The van der Waals surface area contributed by atoms with Gasteiger partial charge in [0.2, 0.25) is 0 Å². The van der Waals surface area contributed by atoms with E-state index in [2.05, 4.69) is 48.7 Å². The fourth-order valence-electron chi connectivity index (χ4n) is 3.64. The van der Waals surface area contributed by atoms with Gasteiger partial charge < -0.3 is 29.7 Å². The molecular weight excluding hydrogens is 380 g/mol. The summed E-state index contributed by atoms with van der Waals surface area (Å²) in [6.45, 7) is 11.3. The molecule has 1 heterocycles. The Kier molecular flexibility index (Phi) is 10.2. The number of aliphatic imine (C=N–C) groups is 1. The van der Waals surface area contributed by atoms with Crippen LogP contribution in [-0.2, 0) is 11.2 Å². The fraction of sp³-hybridized carbons (Fsp3) is 0.696. The second kappa shape index (κ2) is 12.6. The monoisotopic (exact) mass is 420 g/mol. The van der Waals surface area contributed by atoms with E-state index in [0.717, 1.165) is 69.6 Å². The van der Waals surface area contributed by atoms with Crippen LogP contribution in [0.3, 0.4) is 0 Å². The second-order valence-electron chi connectivity index (χ2n) is 7.75. The van der Waals surface area contributed by atoms with Crippen molar-refractivity contribution in [2.45, 2.75) is 45.6 Å². The zero-order chi connectivity index (χ0) is 21.8. The highest BCUT2D eigenvalue weighted by molar-refractivity contribution is 5.79. The summed E-state index contributed by atoms with van der Waals surface area (Å²) in [6.07, 6.45) is 2.90. The highest BCUT2D eigenvalue weighted by Crippen LogP contribution is 2.29. The Hall–Kier alpha value is -1.99. The van der Waals surface area contributed by atoms with Gasteiger partial charge in [-0.25, -0.2) is 0 Å². The topological polar surface area (TPSA) is 67.4 Å². The Balaban J connectivity index is 1.97. The summed E-state index contributed by atoms with van der Waals surface area (Å²) in [5.74, 6) is 2.47. The van der Waals surface area contributed by atoms with E-state index in [0.29, 0.717) is 13.2 Å². The van der Waals surface area contributed by atoms with E-state index in [1.807, 2.05) is 19.9 Å². The number of nitrogens with zero attached hydrogens (tertiary/aromatic N) is 2. The molecule has 0 spiro atoms. The maximum atomic E-state index is 5.74. The van der Waals surface area contributed by atoms with Crippen LogP contribution in [0.15, 0.2) is 23.2 Å². The van der Waals surface area contributed by atoms with Crippen LogP contribution in [0.2, 0.25) is 0 Å². The van der Waals surface area contributed by atoms with Crippen molar-refractivity contribution >= 4 is 5.96 Å². The molecule has 1 fully saturated rings. The molecule has 7 heteroatoms. The van der Waals surface area contributed by atoms with Crippen molar-refractivity contribution in [1.29, 1.82) is 0 Å². The number of guanidine groups is 1. The number of rotatable bonds is 11. The third-order valence-corrected chi connectivity index (χ3v) is 5.56. The van der Waals surface area contributed by atoms with Crippen molar-refractivity contribution in [3.05, 3.63) is 23.8 Å². The summed E-state index contributed by atoms with van der Waals surface area (Å²) < 4.78 is 17.0. The minimum atomic E-state index is 0.0715. The minimum absolute atomic E-state index is 0.0715. The molecule has 1 aliphatic rings. The summed E-state index contributed by atoms with van der Waals surface area (Å²) >= 11 is 0. The molecule has 0 amide bonds. The minimum Gasteiger partial charge on any atom is -0.490 e. The smallest absolute Gasteiger partial charge is 0.191 e. The van der Waals surface area contributed by atoms with E-state index in [9.17, 15) is 0 Å². The van der Waals surface area contributed by atoms with Crippen LogP contribution in [0.25, 0.3) is 0 Å². The molecule has 0 radical (unpaired) electrons. The molecule has 0 aromatic heterocycles. The van der Waals surface area contributed by atoms with E-state index >= 15 is 0 Å². The second-order valence-corrected chi connectivity index (χ2v) is 7.75. The lowest BCUT2D eigenvalue weighted by Gasteiger charge is -2.41. The third kappa shape index (κ3) is 7.06. The molecule has 1 saturated heterocycles. The molecule has 1 aromatic rings. The zero-order valence-corrected chi connectivity index (χ0v) is 19.4. The predicted octanol–water partition coefficient (Wildman–Crippen LogP) is 2.69. The van der Waals surface area contributed by atoms with Gasteiger partial charge in [-0.05, 0) is 71.8 Å². The Morgan fingerprint density at radius 3 is 2.40 bits per heavy atom. The SMILES string of the molecule is CCNC(=NCC1(N(C)C)CCOCC1)NCCc1ccc(OCC)c(OCC)c1. The first-order chi connectivity index (χ1) is 14.5. The van der Waals surface area contributed by atoms with E-state index in [1.54, 1.807) is 0 Å². The first-order valence-corrected chi connectivity index (χ1v) is 11.2. The zero-order valence-electron chi connectivity index (χ0n) is 19.4. The van der Waals surface area contributed by atoms with Crippen LogP contribution < -0.4 is 20.1 Å². The molecule has 1 aliphatic heterocycles. The van der Waals surface area contributed by atoms with Crippen molar-refractivity contribution in [3.63, 3.8) is 0 Å². The molecule has 2 rings (SSSR count). The summed E-state index contributed by atoms with van der Waals surface area (Å²) in [4.78, 5) is 7.20. The average Bonchev–Trinajstić information content (AvgIpc) is 2.74. The molecule has 0 saturated carbocycles. The molecule has 30 heavy (non-hydrogen) atoms. The Morgan fingerprint density at radius 1 is 1.07 bits per heavy atom. The average molecular weight is 421 g/mol. The predicted molar refractivity (Wildman–Crippen MR) is 123 cm³/mol. The molecular formula is C23H40N4O3. The van der Waals surface area contributed by atoms with Gasteiger partial charge in [0.05, 0.1) is 19.8 Å². The number of likely N-dealkylation sites (N-methyl/N-ethyl adjacent to an activating group) is 1. The molecule has 170 valence electrons. The van der Waals surface area contributed by atoms with E-state index < -0.39 is 0 Å². The maximum Gasteiger partial charge on any atom is 0.191 e. The highest BCUT2D eigenvalue weighted by atomic mass is 16.5. The summed E-state index contributed by atoms with van der Waals surface area (Å²) in [5, 5.41) is 6.84. The number of hydrogen-bond donors (Lipinski definition) is 2. The highest BCUT2D eigenvalue weighted by Gasteiger charge is 2.34. The number of hydrogen-bond acceptors (Lipinski definition) is 5. The van der Waals surface area contributed by atoms with Gasteiger partial charge in [0.1, 0.15) is 0 Å². The van der Waals surface area contributed by atoms with Gasteiger partial charge in [0.25, 0.3) is 0 Å². The van der Waals surface area contributed by atoms with Crippen LogP contribution in [-0.4, -0.2) is 76.6 Å². The Labute approximate surface area is 182 Å². The van der Waals surface area contributed by atoms with Crippen LogP contribution in [0.5, 0.6) is 11.5 Å². The first kappa shape index (κ1) is 24.3. The first-order valence-electron chi connectivity index (χ1n) is 11.2. The molecule has 0 aliphatic carbocycles. The summed E-state index contributed by atoms with van der Waals surface area (Å²) in [6, 6.07) is 6.17. The Morgan fingerprint density at radius 2 is 1.77 bits per heavy atom.